The third kappa shape index (κ3) is 2.94. The molecule has 3 aromatic heterocycles. The van der Waals surface area contributed by atoms with Crippen molar-refractivity contribution in [2.45, 2.75) is 6.54 Å². The molecular weight excluding hydrogens is 368 g/mol. The SMILES string of the molecule is O=c1c(-c2ccccn2)cn2ccn(Cc3ccc(F)c(F)c3)c(=O)c2c1O. The van der Waals surface area contributed by atoms with Gasteiger partial charge < -0.3 is 14.1 Å². The molecule has 0 aliphatic heterocycles. The first kappa shape index (κ1) is 17.6. The van der Waals surface area contributed by atoms with Crippen molar-refractivity contribution in [1.82, 2.24) is 14.0 Å². The molecule has 0 amide bonds. The van der Waals surface area contributed by atoms with Gasteiger partial charge in [0, 0.05) is 24.8 Å². The van der Waals surface area contributed by atoms with Crippen LogP contribution in [0.2, 0.25) is 0 Å². The maximum absolute atomic E-state index is 13.4. The van der Waals surface area contributed by atoms with E-state index in [2.05, 4.69) is 4.98 Å². The Morgan fingerprint density at radius 2 is 1.86 bits per heavy atom. The Labute approximate surface area is 156 Å². The molecule has 0 bridgehead atoms. The molecule has 4 rings (SSSR count). The van der Waals surface area contributed by atoms with Gasteiger partial charge in [-0.2, -0.15) is 0 Å². The number of pyridine rings is 2. The molecule has 1 N–H and O–H groups in total. The second kappa shape index (κ2) is 6.73. The number of benzene rings is 1. The zero-order valence-electron chi connectivity index (χ0n) is 14.3. The summed E-state index contributed by atoms with van der Waals surface area (Å²) in [5.41, 5.74) is -0.709. The Hall–Kier alpha value is -3.81. The van der Waals surface area contributed by atoms with Crippen LogP contribution in [0.1, 0.15) is 5.56 Å². The first-order chi connectivity index (χ1) is 13.5. The quantitative estimate of drug-likeness (QED) is 0.592. The van der Waals surface area contributed by atoms with Gasteiger partial charge >= 0.3 is 0 Å². The normalized spacial score (nSPS) is 11.1. The smallest absolute Gasteiger partial charge is 0.279 e. The maximum Gasteiger partial charge on any atom is 0.279 e. The van der Waals surface area contributed by atoms with Gasteiger partial charge in [0.25, 0.3) is 5.56 Å². The average Bonchev–Trinajstić information content (AvgIpc) is 2.70. The fourth-order valence-electron chi connectivity index (χ4n) is 2.97. The van der Waals surface area contributed by atoms with Crippen LogP contribution < -0.4 is 11.0 Å². The van der Waals surface area contributed by atoms with Crippen molar-refractivity contribution in [2.24, 2.45) is 0 Å². The van der Waals surface area contributed by atoms with Gasteiger partial charge in [0.2, 0.25) is 5.43 Å². The number of rotatable bonds is 3. The van der Waals surface area contributed by atoms with Gasteiger partial charge in [-0.3, -0.25) is 14.6 Å². The standard InChI is InChI=1S/C20H13F2N3O3/c21-14-5-4-12(9-15(14)22)10-25-8-7-24-11-13(16-3-1-2-6-23-16)18(26)19(27)17(24)20(25)28/h1-9,11,27H,10H2. The topological polar surface area (TPSA) is 76.6 Å². The van der Waals surface area contributed by atoms with E-state index in [1.54, 1.807) is 18.2 Å². The molecule has 0 atom stereocenters. The number of fused-ring (bicyclic) bond motifs is 1. The molecule has 8 heteroatoms. The lowest BCUT2D eigenvalue weighted by molar-refractivity contribution is 0.472. The number of hydrogen-bond acceptors (Lipinski definition) is 4. The third-order valence-electron chi connectivity index (χ3n) is 4.36. The van der Waals surface area contributed by atoms with E-state index in [1.807, 2.05) is 0 Å². The van der Waals surface area contributed by atoms with Crippen LogP contribution in [0.3, 0.4) is 0 Å². The summed E-state index contributed by atoms with van der Waals surface area (Å²) in [7, 11) is 0. The van der Waals surface area contributed by atoms with Gasteiger partial charge in [0.15, 0.2) is 22.9 Å². The Balaban J connectivity index is 1.86. The zero-order valence-corrected chi connectivity index (χ0v) is 14.3. The van der Waals surface area contributed by atoms with Crippen LogP contribution in [0, 0.1) is 11.6 Å². The number of aromatic hydroxyl groups is 1. The summed E-state index contributed by atoms with van der Waals surface area (Å²) in [4.78, 5) is 29.4. The lowest BCUT2D eigenvalue weighted by Gasteiger charge is -2.11. The summed E-state index contributed by atoms with van der Waals surface area (Å²) in [6, 6.07) is 8.32. The summed E-state index contributed by atoms with van der Waals surface area (Å²) in [6.45, 7) is -0.0534. The van der Waals surface area contributed by atoms with Crippen LogP contribution in [0.4, 0.5) is 8.78 Å². The minimum Gasteiger partial charge on any atom is -0.503 e. The molecule has 0 unspecified atom stereocenters. The Morgan fingerprint density at radius 1 is 1.04 bits per heavy atom. The summed E-state index contributed by atoms with van der Waals surface area (Å²) in [6.07, 6.45) is 5.86. The number of hydrogen-bond donors (Lipinski definition) is 1. The van der Waals surface area contributed by atoms with Crippen molar-refractivity contribution in [2.75, 3.05) is 0 Å². The Morgan fingerprint density at radius 3 is 2.57 bits per heavy atom. The van der Waals surface area contributed by atoms with Crippen LogP contribution in [0.15, 0.2) is 70.8 Å². The van der Waals surface area contributed by atoms with E-state index in [-0.39, 0.29) is 17.6 Å². The summed E-state index contributed by atoms with van der Waals surface area (Å²) in [5, 5.41) is 10.4. The molecule has 0 saturated heterocycles. The molecule has 0 spiro atoms. The van der Waals surface area contributed by atoms with Gasteiger partial charge in [-0.1, -0.05) is 12.1 Å². The summed E-state index contributed by atoms with van der Waals surface area (Å²) < 4.78 is 29.0. The molecule has 1 aromatic carbocycles. The molecule has 28 heavy (non-hydrogen) atoms. The molecular formula is C20H13F2N3O3. The monoisotopic (exact) mass is 381 g/mol. The molecule has 0 fully saturated rings. The molecule has 0 saturated carbocycles. The number of aromatic nitrogens is 3. The highest BCUT2D eigenvalue weighted by molar-refractivity contribution is 5.68. The first-order valence-electron chi connectivity index (χ1n) is 8.28. The molecule has 3 heterocycles. The van der Waals surface area contributed by atoms with Gasteiger partial charge in [-0.25, -0.2) is 8.78 Å². The maximum atomic E-state index is 13.4. The van der Waals surface area contributed by atoms with Crippen molar-refractivity contribution in [1.29, 1.82) is 0 Å². The third-order valence-corrected chi connectivity index (χ3v) is 4.36. The summed E-state index contributed by atoms with van der Waals surface area (Å²) in [5.74, 6) is -2.71. The average molecular weight is 381 g/mol. The lowest BCUT2D eigenvalue weighted by atomic mass is 10.1. The van der Waals surface area contributed by atoms with E-state index in [0.29, 0.717) is 11.3 Å². The molecule has 0 radical (unpaired) electrons. The van der Waals surface area contributed by atoms with Gasteiger partial charge in [-0.05, 0) is 29.8 Å². The second-order valence-corrected chi connectivity index (χ2v) is 6.17. The molecule has 0 aliphatic rings. The minimum atomic E-state index is -1.02. The van der Waals surface area contributed by atoms with Crippen LogP contribution in [0.25, 0.3) is 16.8 Å². The van der Waals surface area contributed by atoms with E-state index >= 15 is 0 Å². The highest BCUT2D eigenvalue weighted by Gasteiger charge is 2.16. The highest BCUT2D eigenvalue weighted by atomic mass is 19.2. The van der Waals surface area contributed by atoms with E-state index in [1.165, 1.54) is 39.8 Å². The predicted molar refractivity (Wildman–Crippen MR) is 98.3 cm³/mol. The molecule has 4 aromatic rings. The fraction of sp³-hybridized carbons (Fsp3) is 0.0500. The second-order valence-electron chi connectivity index (χ2n) is 6.17. The van der Waals surface area contributed by atoms with Crippen molar-refractivity contribution in [3.8, 4) is 17.0 Å². The van der Waals surface area contributed by atoms with Crippen molar-refractivity contribution in [3.05, 3.63) is 99.0 Å². The van der Waals surface area contributed by atoms with Crippen LogP contribution in [0.5, 0.6) is 5.75 Å². The number of halogens is 2. The van der Waals surface area contributed by atoms with Crippen LogP contribution >= 0.6 is 0 Å². The lowest BCUT2D eigenvalue weighted by Crippen LogP contribution is -2.24. The van der Waals surface area contributed by atoms with Crippen molar-refractivity contribution < 1.29 is 13.9 Å². The molecule has 0 aliphatic carbocycles. The van der Waals surface area contributed by atoms with E-state index in [9.17, 15) is 23.5 Å². The Bertz CT molecular complexity index is 1310. The van der Waals surface area contributed by atoms with Crippen LogP contribution in [-0.2, 0) is 6.54 Å². The highest BCUT2D eigenvalue weighted by Crippen LogP contribution is 2.18. The minimum absolute atomic E-state index is 0.0534. The Kier molecular flexibility index (Phi) is 4.23. The van der Waals surface area contributed by atoms with E-state index in [0.717, 1.165) is 12.1 Å². The van der Waals surface area contributed by atoms with Crippen LogP contribution in [-0.4, -0.2) is 19.1 Å². The van der Waals surface area contributed by atoms with Gasteiger partial charge in [-0.15, -0.1) is 0 Å². The molecule has 140 valence electrons. The molecule has 6 nitrogen and oxygen atoms in total. The van der Waals surface area contributed by atoms with E-state index in [4.69, 9.17) is 0 Å². The summed E-state index contributed by atoms with van der Waals surface area (Å²) >= 11 is 0. The number of nitrogens with zero attached hydrogens (tertiary/aromatic N) is 3. The fourth-order valence-corrected chi connectivity index (χ4v) is 2.97. The largest absolute Gasteiger partial charge is 0.503 e. The van der Waals surface area contributed by atoms with Crippen molar-refractivity contribution >= 4 is 5.52 Å². The van der Waals surface area contributed by atoms with Gasteiger partial charge in [0.1, 0.15) is 0 Å². The zero-order chi connectivity index (χ0) is 19.8. The van der Waals surface area contributed by atoms with Gasteiger partial charge in [0.05, 0.1) is 17.8 Å². The van der Waals surface area contributed by atoms with E-state index < -0.39 is 28.4 Å². The van der Waals surface area contributed by atoms with Crippen molar-refractivity contribution in [3.63, 3.8) is 0 Å². The predicted octanol–water partition coefficient (Wildman–Crippen LogP) is 2.56. The first-order valence-corrected chi connectivity index (χ1v) is 8.28.